The van der Waals surface area contributed by atoms with E-state index >= 15 is 0 Å². The second-order valence-corrected chi connectivity index (χ2v) is 4.29. The Kier molecular flexibility index (Phi) is 7.35. The van der Waals surface area contributed by atoms with E-state index in [1.165, 1.54) is 0 Å². The lowest BCUT2D eigenvalue weighted by Crippen LogP contribution is -2.25. The highest BCUT2D eigenvalue weighted by molar-refractivity contribution is 5.97. The Morgan fingerprint density at radius 1 is 1.25 bits per heavy atom. The van der Waals surface area contributed by atoms with Gasteiger partial charge in [-0.2, -0.15) is 0 Å². The van der Waals surface area contributed by atoms with E-state index in [-0.39, 0.29) is 11.8 Å². The molecule has 5 heteroatoms. The zero-order valence-corrected chi connectivity index (χ0v) is 12.1. The number of benzene rings is 1. The van der Waals surface area contributed by atoms with Crippen molar-refractivity contribution >= 4 is 17.5 Å². The molecule has 0 bridgehead atoms. The number of hydrogen-bond donors (Lipinski definition) is 2. The average Bonchev–Trinajstić information content (AvgIpc) is 2.47. The predicted octanol–water partition coefficient (Wildman–Crippen LogP) is 2.19. The van der Waals surface area contributed by atoms with Crippen LogP contribution in [-0.4, -0.2) is 31.6 Å². The molecule has 0 aliphatic heterocycles. The zero-order valence-electron chi connectivity index (χ0n) is 12.1. The van der Waals surface area contributed by atoms with Crippen LogP contribution < -0.4 is 10.6 Å². The number of nitrogens with one attached hydrogen (secondary N) is 2. The van der Waals surface area contributed by atoms with Gasteiger partial charge in [-0.15, -0.1) is 0 Å². The van der Waals surface area contributed by atoms with E-state index in [1.807, 2.05) is 6.92 Å². The molecular weight excluding hydrogens is 256 g/mol. The molecule has 5 nitrogen and oxygen atoms in total. The third-order valence-electron chi connectivity index (χ3n) is 2.68. The predicted molar refractivity (Wildman–Crippen MR) is 78.8 cm³/mol. The summed E-state index contributed by atoms with van der Waals surface area (Å²) in [7, 11) is 0. The summed E-state index contributed by atoms with van der Waals surface area (Å²) in [4.78, 5) is 23.2. The second-order valence-electron chi connectivity index (χ2n) is 4.29. The van der Waals surface area contributed by atoms with Gasteiger partial charge in [0.05, 0.1) is 0 Å². The van der Waals surface area contributed by atoms with Crippen LogP contribution >= 0.6 is 0 Å². The average molecular weight is 278 g/mol. The van der Waals surface area contributed by atoms with Crippen LogP contribution in [0.15, 0.2) is 24.3 Å². The molecule has 0 aliphatic rings. The van der Waals surface area contributed by atoms with Crippen molar-refractivity contribution in [2.75, 3.05) is 25.1 Å². The van der Waals surface area contributed by atoms with Gasteiger partial charge in [-0.3, -0.25) is 9.59 Å². The van der Waals surface area contributed by atoms with Gasteiger partial charge in [0.15, 0.2) is 0 Å². The van der Waals surface area contributed by atoms with E-state index in [2.05, 4.69) is 10.6 Å². The first-order valence-electron chi connectivity index (χ1n) is 6.93. The molecule has 0 fully saturated rings. The molecule has 2 N–H and O–H groups in total. The molecule has 1 aromatic rings. The van der Waals surface area contributed by atoms with Crippen LogP contribution in [0, 0.1) is 0 Å². The Morgan fingerprint density at radius 2 is 2.05 bits per heavy atom. The minimum atomic E-state index is -0.144. The summed E-state index contributed by atoms with van der Waals surface area (Å²) in [6.07, 6.45) is 1.19. The molecule has 0 radical (unpaired) electrons. The van der Waals surface area contributed by atoms with Crippen LogP contribution in [0.3, 0.4) is 0 Å². The third-order valence-corrected chi connectivity index (χ3v) is 2.68. The summed E-state index contributed by atoms with van der Waals surface area (Å²) in [5.41, 5.74) is 1.18. The summed E-state index contributed by atoms with van der Waals surface area (Å²) in [6.45, 7) is 5.62. The molecule has 1 aromatic carbocycles. The van der Waals surface area contributed by atoms with Gasteiger partial charge in [-0.25, -0.2) is 0 Å². The van der Waals surface area contributed by atoms with Gasteiger partial charge in [0.25, 0.3) is 5.91 Å². The van der Waals surface area contributed by atoms with E-state index in [9.17, 15) is 9.59 Å². The Labute approximate surface area is 119 Å². The van der Waals surface area contributed by atoms with Crippen LogP contribution in [0.4, 0.5) is 5.69 Å². The summed E-state index contributed by atoms with van der Waals surface area (Å²) in [6, 6.07) is 6.91. The van der Waals surface area contributed by atoms with Gasteiger partial charge < -0.3 is 15.4 Å². The molecule has 0 saturated carbocycles. The van der Waals surface area contributed by atoms with Gasteiger partial charge in [0, 0.05) is 37.4 Å². The molecule has 20 heavy (non-hydrogen) atoms. The van der Waals surface area contributed by atoms with Crippen molar-refractivity contribution in [1.82, 2.24) is 5.32 Å². The fourth-order valence-corrected chi connectivity index (χ4v) is 1.61. The number of anilines is 1. The fourth-order valence-electron chi connectivity index (χ4n) is 1.61. The van der Waals surface area contributed by atoms with E-state index in [0.717, 1.165) is 6.42 Å². The third kappa shape index (κ3) is 5.84. The molecule has 0 atom stereocenters. The summed E-state index contributed by atoms with van der Waals surface area (Å²) in [5.74, 6) is -0.214. The van der Waals surface area contributed by atoms with E-state index in [0.29, 0.717) is 37.4 Å². The topological polar surface area (TPSA) is 67.4 Å². The van der Waals surface area contributed by atoms with Crippen molar-refractivity contribution < 1.29 is 14.3 Å². The smallest absolute Gasteiger partial charge is 0.251 e. The maximum absolute atomic E-state index is 11.9. The minimum Gasteiger partial charge on any atom is -0.382 e. The number of carbonyl (C=O) groups excluding carboxylic acids is 2. The Balaban J connectivity index is 2.47. The molecule has 2 amide bonds. The largest absolute Gasteiger partial charge is 0.382 e. The van der Waals surface area contributed by atoms with E-state index < -0.39 is 0 Å². The van der Waals surface area contributed by atoms with Gasteiger partial charge in [-0.1, -0.05) is 13.0 Å². The van der Waals surface area contributed by atoms with Crippen molar-refractivity contribution in [3.05, 3.63) is 29.8 Å². The SMILES string of the molecule is CCOCCCNC(=O)c1cccc(NC(=O)CC)c1. The van der Waals surface area contributed by atoms with Gasteiger partial charge >= 0.3 is 0 Å². The Morgan fingerprint density at radius 3 is 2.75 bits per heavy atom. The number of carbonyl (C=O) groups is 2. The van der Waals surface area contributed by atoms with Crippen LogP contribution in [0.1, 0.15) is 37.0 Å². The standard InChI is InChI=1S/C15H22N2O3/c1-3-14(18)17-13-8-5-7-12(11-13)15(19)16-9-6-10-20-4-2/h5,7-8,11H,3-4,6,9-10H2,1-2H3,(H,16,19)(H,17,18). The lowest BCUT2D eigenvalue weighted by Gasteiger charge is -2.08. The van der Waals surface area contributed by atoms with Crippen LogP contribution in [-0.2, 0) is 9.53 Å². The van der Waals surface area contributed by atoms with Crippen LogP contribution in [0.2, 0.25) is 0 Å². The zero-order chi connectivity index (χ0) is 14.8. The van der Waals surface area contributed by atoms with E-state index in [4.69, 9.17) is 4.74 Å². The molecule has 0 saturated heterocycles. The first-order chi connectivity index (χ1) is 9.67. The van der Waals surface area contributed by atoms with Gasteiger partial charge in [0.1, 0.15) is 0 Å². The fraction of sp³-hybridized carbons (Fsp3) is 0.467. The lowest BCUT2D eigenvalue weighted by atomic mass is 10.2. The second kappa shape index (κ2) is 9.09. The molecule has 0 aromatic heterocycles. The number of hydrogen-bond acceptors (Lipinski definition) is 3. The van der Waals surface area contributed by atoms with Gasteiger partial charge in [0.2, 0.25) is 5.91 Å². The Hall–Kier alpha value is -1.88. The highest BCUT2D eigenvalue weighted by Gasteiger charge is 2.06. The molecule has 0 heterocycles. The summed E-state index contributed by atoms with van der Waals surface area (Å²) in [5, 5.41) is 5.55. The maximum Gasteiger partial charge on any atom is 0.251 e. The van der Waals surface area contributed by atoms with Crippen molar-refractivity contribution in [2.24, 2.45) is 0 Å². The summed E-state index contributed by atoms with van der Waals surface area (Å²) < 4.78 is 5.20. The number of ether oxygens (including phenoxy) is 1. The molecule has 0 spiro atoms. The number of amides is 2. The molecule has 0 aliphatic carbocycles. The highest BCUT2D eigenvalue weighted by atomic mass is 16.5. The first-order valence-corrected chi connectivity index (χ1v) is 6.93. The molecular formula is C15H22N2O3. The molecule has 1 rings (SSSR count). The van der Waals surface area contributed by atoms with Gasteiger partial charge in [-0.05, 0) is 31.5 Å². The highest BCUT2D eigenvalue weighted by Crippen LogP contribution is 2.11. The van der Waals surface area contributed by atoms with Crippen molar-refractivity contribution in [1.29, 1.82) is 0 Å². The Bertz CT molecular complexity index is 446. The molecule has 0 unspecified atom stereocenters. The maximum atomic E-state index is 11.9. The molecule has 110 valence electrons. The van der Waals surface area contributed by atoms with Crippen molar-refractivity contribution in [3.63, 3.8) is 0 Å². The quantitative estimate of drug-likeness (QED) is 0.716. The minimum absolute atomic E-state index is 0.0701. The monoisotopic (exact) mass is 278 g/mol. The van der Waals surface area contributed by atoms with Crippen LogP contribution in [0.5, 0.6) is 0 Å². The van der Waals surface area contributed by atoms with Crippen LogP contribution in [0.25, 0.3) is 0 Å². The van der Waals surface area contributed by atoms with E-state index in [1.54, 1.807) is 31.2 Å². The lowest BCUT2D eigenvalue weighted by molar-refractivity contribution is -0.115. The van der Waals surface area contributed by atoms with Crippen molar-refractivity contribution in [3.8, 4) is 0 Å². The van der Waals surface area contributed by atoms with Crippen molar-refractivity contribution in [2.45, 2.75) is 26.7 Å². The normalized spacial score (nSPS) is 10.1. The number of rotatable bonds is 8. The summed E-state index contributed by atoms with van der Waals surface area (Å²) >= 11 is 0. The first kappa shape index (κ1) is 16.2.